The van der Waals surface area contributed by atoms with Crippen LogP contribution < -0.4 is 5.32 Å². The number of likely N-dealkylation sites (tertiary alicyclic amines) is 1. The van der Waals surface area contributed by atoms with Gasteiger partial charge >= 0.3 is 0 Å². The standard InChI is InChI=1S/C15H24ClN3/c1-3-9-19-10-7-13(8-11-19)12(2)17-15-6-4-5-14(16)18-15/h4-6,12-13H,3,7-11H2,1-2H3,(H,17,18). The largest absolute Gasteiger partial charge is 0.367 e. The lowest BCUT2D eigenvalue weighted by molar-refractivity contribution is 0.176. The SMILES string of the molecule is CCCN1CCC(C(C)Nc2cccc(Cl)n2)CC1. The van der Waals surface area contributed by atoms with Crippen LogP contribution in [0, 0.1) is 5.92 Å². The Hall–Kier alpha value is -0.800. The molecule has 1 aliphatic rings. The molecule has 1 saturated heterocycles. The van der Waals surface area contributed by atoms with Gasteiger partial charge in [-0.2, -0.15) is 0 Å². The number of hydrogen-bond acceptors (Lipinski definition) is 3. The monoisotopic (exact) mass is 281 g/mol. The molecule has 3 nitrogen and oxygen atoms in total. The molecule has 1 fully saturated rings. The first kappa shape index (κ1) is 14.6. The van der Waals surface area contributed by atoms with Gasteiger partial charge in [0.1, 0.15) is 11.0 Å². The van der Waals surface area contributed by atoms with Crippen molar-refractivity contribution < 1.29 is 0 Å². The molecule has 0 amide bonds. The Morgan fingerprint density at radius 3 is 2.79 bits per heavy atom. The molecule has 1 N–H and O–H groups in total. The third-order valence-electron chi connectivity index (χ3n) is 3.97. The molecule has 106 valence electrons. The van der Waals surface area contributed by atoms with E-state index in [2.05, 4.69) is 29.0 Å². The second-order valence-corrected chi connectivity index (χ2v) is 5.84. The highest BCUT2D eigenvalue weighted by Gasteiger charge is 2.23. The van der Waals surface area contributed by atoms with Crippen LogP contribution >= 0.6 is 11.6 Å². The van der Waals surface area contributed by atoms with Crippen LogP contribution in [0.25, 0.3) is 0 Å². The van der Waals surface area contributed by atoms with Gasteiger partial charge in [-0.1, -0.05) is 24.6 Å². The lowest BCUT2D eigenvalue weighted by Crippen LogP contribution is -2.39. The summed E-state index contributed by atoms with van der Waals surface area (Å²) in [6.07, 6.45) is 3.80. The van der Waals surface area contributed by atoms with Gasteiger partial charge in [0.25, 0.3) is 0 Å². The Balaban J connectivity index is 1.82. The van der Waals surface area contributed by atoms with Crippen LogP contribution in [0.15, 0.2) is 18.2 Å². The van der Waals surface area contributed by atoms with E-state index in [-0.39, 0.29) is 0 Å². The lowest BCUT2D eigenvalue weighted by Gasteiger charge is -2.35. The molecule has 1 unspecified atom stereocenters. The predicted octanol–water partition coefficient (Wildman–Crippen LogP) is 3.66. The van der Waals surface area contributed by atoms with Crippen LogP contribution in [0.2, 0.25) is 5.15 Å². The summed E-state index contributed by atoms with van der Waals surface area (Å²) in [4.78, 5) is 6.87. The van der Waals surface area contributed by atoms with Gasteiger partial charge in [0, 0.05) is 6.04 Å². The summed E-state index contributed by atoms with van der Waals surface area (Å²) in [6, 6.07) is 6.18. The number of anilines is 1. The molecule has 4 heteroatoms. The number of piperidine rings is 1. The zero-order valence-corrected chi connectivity index (χ0v) is 12.7. The number of hydrogen-bond donors (Lipinski definition) is 1. The number of rotatable bonds is 5. The highest BCUT2D eigenvalue weighted by molar-refractivity contribution is 6.29. The van der Waals surface area contributed by atoms with Gasteiger partial charge in [0.2, 0.25) is 0 Å². The normalized spacial score (nSPS) is 19.3. The maximum atomic E-state index is 5.91. The first-order valence-electron chi connectivity index (χ1n) is 7.30. The quantitative estimate of drug-likeness (QED) is 0.835. The van der Waals surface area contributed by atoms with Crippen molar-refractivity contribution >= 4 is 17.4 Å². The van der Waals surface area contributed by atoms with E-state index in [0.717, 1.165) is 11.7 Å². The number of nitrogens with zero attached hydrogens (tertiary/aromatic N) is 2. The van der Waals surface area contributed by atoms with Crippen LogP contribution in [-0.4, -0.2) is 35.6 Å². The predicted molar refractivity (Wildman–Crippen MR) is 81.8 cm³/mol. The van der Waals surface area contributed by atoms with Crippen LogP contribution in [-0.2, 0) is 0 Å². The van der Waals surface area contributed by atoms with Crippen LogP contribution in [0.4, 0.5) is 5.82 Å². The second-order valence-electron chi connectivity index (χ2n) is 5.46. The van der Waals surface area contributed by atoms with Crippen molar-refractivity contribution in [3.05, 3.63) is 23.4 Å². The van der Waals surface area contributed by atoms with Gasteiger partial charge in [-0.3, -0.25) is 0 Å². The third-order valence-corrected chi connectivity index (χ3v) is 4.18. The smallest absolute Gasteiger partial charge is 0.131 e. The molecule has 2 heterocycles. The van der Waals surface area contributed by atoms with Crippen molar-refractivity contribution in [2.75, 3.05) is 25.0 Å². The first-order valence-corrected chi connectivity index (χ1v) is 7.68. The molecule has 19 heavy (non-hydrogen) atoms. The fourth-order valence-electron chi connectivity index (χ4n) is 2.83. The lowest BCUT2D eigenvalue weighted by atomic mass is 9.90. The highest BCUT2D eigenvalue weighted by Crippen LogP contribution is 2.23. The van der Waals surface area contributed by atoms with Crippen molar-refractivity contribution in [1.29, 1.82) is 0 Å². The van der Waals surface area contributed by atoms with Crippen molar-refractivity contribution in [3.8, 4) is 0 Å². The summed E-state index contributed by atoms with van der Waals surface area (Å²) in [5.74, 6) is 1.62. The van der Waals surface area contributed by atoms with Crippen molar-refractivity contribution in [1.82, 2.24) is 9.88 Å². The van der Waals surface area contributed by atoms with E-state index in [1.807, 2.05) is 12.1 Å². The summed E-state index contributed by atoms with van der Waals surface area (Å²) < 4.78 is 0. The molecule has 0 radical (unpaired) electrons. The van der Waals surface area contributed by atoms with E-state index in [4.69, 9.17) is 11.6 Å². The molecule has 2 rings (SSSR count). The van der Waals surface area contributed by atoms with Gasteiger partial charge in [-0.15, -0.1) is 0 Å². The van der Waals surface area contributed by atoms with Crippen molar-refractivity contribution in [2.24, 2.45) is 5.92 Å². The maximum Gasteiger partial charge on any atom is 0.131 e. The van der Waals surface area contributed by atoms with Gasteiger partial charge in [0.15, 0.2) is 0 Å². The molecule has 0 bridgehead atoms. The topological polar surface area (TPSA) is 28.2 Å². The highest BCUT2D eigenvalue weighted by atomic mass is 35.5. The maximum absolute atomic E-state index is 5.91. The summed E-state index contributed by atoms with van der Waals surface area (Å²) in [5, 5.41) is 4.04. The summed E-state index contributed by atoms with van der Waals surface area (Å²) in [7, 11) is 0. The van der Waals surface area contributed by atoms with E-state index >= 15 is 0 Å². The molecule has 1 aliphatic heterocycles. The number of halogens is 1. The number of nitrogens with one attached hydrogen (secondary N) is 1. The van der Waals surface area contributed by atoms with Crippen LogP contribution in [0.3, 0.4) is 0 Å². The molecule has 0 aromatic carbocycles. The Bertz CT molecular complexity index is 389. The molecule has 1 aromatic heterocycles. The third kappa shape index (κ3) is 4.36. The van der Waals surface area contributed by atoms with E-state index < -0.39 is 0 Å². The molecular formula is C15H24ClN3. The van der Waals surface area contributed by atoms with E-state index in [1.165, 1.54) is 38.9 Å². The minimum Gasteiger partial charge on any atom is -0.367 e. The Morgan fingerprint density at radius 2 is 2.16 bits per heavy atom. The van der Waals surface area contributed by atoms with E-state index in [0.29, 0.717) is 11.2 Å². The average molecular weight is 282 g/mol. The van der Waals surface area contributed by atoms with Gasteiger partial charge < -0.3 is 10.2 Å². The molecular weight excluding hydrogens is 258 g/mol. The first-order chi connectivity index (χ1) is 9.19. The summed E-state index contributed by atoms with van der Waals surface area (Å²) >= 11 is 5.91. The van der Waals surface area contributed by atoms with Crippen LogP contribution in [0.5, 0.6) is 0 Å². The minimum absolute atomic E-state index is 0.453. The molecule has 0 aliphatic carbocycles. The molecule has 1 atom stereocenters. The van der Waals surface area contributed by atoms with Gasteiger partial charge in [-0.05, 0) is 63.9 Å². The zero-order valence-electron chi connectivity index (χ0n) is 11.9. The molecule has 0 saturated carbocycles. The minimum atomic E-state index is 0.453. The van der Waals surface area contributed by atoms with Crippen molar-refractivity contribution in [2.45, 2.75) is 39.2 Å². The molecule has 0 spiro atoms. The summed E-state index contributed by atoms with van der Waals surface area (Å²) in [6.45, 7) is 8.20. The fourth-order valence-corrected chi connectivity index (χ4v) is 3.00. The fraction of sp³-hybridized carbons (Fsp3) is 0.667. The molecule has 1 aromatic rings. The Kier molecular flexibility index (Phi) is 5.46. The zero-order chi connectivity index (χ0) is 13.7. The summed E-state index contributed by atoms with van der Waals surface area (Å²) in [5.41, 5.74) is 0. The Labute approximate surface area is 121 Å². The number of pyridine rings is 1. The van der Waals surface area contributed by atoms with Gasteiger partial charge in [0.05, 0.1) is 0 Å². The van der Waals surface area contributed by atoms with Crippen molar-refractivity contribution in [3.63, 3.8) is 0 Å². The average Bonchev–Trinajstić information content (AvgIpc) is 2.40. The van der Waals surface area contributed by atoms with E-state index in [1.54, 1.807) is 6.07 Å². The Morgan fingerprint density at radius 1 is 1.42 bits per heavy atom. The number of aromatic nitrogens is 1. The second kappa shape index (κ2) is 7.11. The van der Waals surface area contributed by atoms with E-state index in [9.17, 15) is 0 Å². The van der Waals surface area contributed by atoms with Gasteiger partial charge in [-0.25, -0.2) is 4.98 Å². The van der Waals surface area contributed by atoms with Crippen LogP contribution in [0.1, 0.15) is 33.1 Å².